The van der Waals surface area contributed by atoms with Crippen molar-refractivity contribution in [3.05, 3.63) is 28.2 Å². The second-order valence-electron chi connectivity index (χ2n) is 3.64. The molecule has 0 spiro atoms. The van der Waals surface area contributed by atoms with Crippen molar-refractivity contribution in [2.24, 2.45) is 5.92 Å². The first-order valence-corrected chi connectivity index (χ1v) is 5.49. The van der Waals surface area contributed by atoms with Gasteiger partial charge in [0.1, 0.15) is 5.75 Å². The molecule has 1 N–H and O–H groups in total. The molecule has 0 unspecified atom stereocenters. The summed E-state index contributed by atoms with van der Waals surface area (Å²) in [7, 11) is 1.60. The molecule has 0 heterocycles. The van der Waals surface area contributed by atoms with Crippen LogP contribution < -0.4 is 4.74 Å². The van der Waals surface area contributed by atoms with E-state index in [0.29, 0.717) is 6.42 Å². The fourth-order valence-electron chi connectivity index (χ4n) is 1.84. The smallest absolute Gasteiger partial charge is 0.307 e. The Morgan fingerprint density at radius 2 is 2.33 bits per heavy atom. The van der Waals surface area contributed by atoms with Gasteiger partial charge in [0.05, 0.1) is 13.0 Å². The number of ether oxygens (including phenoxy) is 1. The third-order valence-corrected chi connectivity index (χ3v) is 3.40. The average molecular weight is 271 g/mol. The molecule has 1 aliphatic carbocycles. The highest BCUT2D eigenvalue weighted by atomic mass is 79.9. The monoisotopic (exact) mass is 270 g/mol. The third kappa shape index (κ3) is 1.86. The van der Waals surface area contributed by atoms with Crippen molar-refractivity contribution in [3.63, 3.8) is 0 Å². The summed E-state index contributed by atoms with van der Waals surface area (Å²) in [5, 5.41) is 8.88. The summed E-state index contributed by atoms with van der Waals surface area (Å²) >= 11 is 3.43. The predicted octanol–water partition coefficient (Wildman–Crippen LogP) is 2.65. The first-order chi connectivity index (χ1) is 7.15. The summed E-state index contributed by atoms with van der Waals surface area (Å²) in [4.78, 5) is 10.8. The van der Waals surface area contributed by atoms with Crippen LogP contribution in [0.3, 0.4) is 0 Å². The Morgan fingerprint density at radius 3 is 2.87 bits per heavy atom. The molecule has 2 atom stereocenters. The minimum atomic E-state index is -0.724. The number of rotatable bonds is 3. The van der Waals surface area contributed by atoms with Gasteiger partial charge < -0.3 is 9.84 Å². The average Bonchev–Trinajstić information content (AvgIpc) is 2.96. The van der Waals surface area contributed by atoms with E-state index in [9.17, 15) is 4.79 Å². The van der Waals surface area contributed by atoms with Crippen LogP contribution in [0.4, 0.5) is 0 Å². The number of hydrogen-bond donors (Lipinski definition) is 1. The van der Waals surface area contributed by atoms with E-state index in [-0.39, 0.29) is 11.8 Å². The van der Waals surface area contributed by atoms with Gasteiger partial charge in [-0.15, -0.1) is 0 Å². The molecule has 1 saturated carbocycles. The Kier molecular flexibility index (Phi) is 2.69. The molecule has 1 aromatic carbocycles. The summed E-state index contributed by atoms with van der Waals surface area (Å²) in [6.07, 6.45) is 0.703. The largest absolute Gasteiger partial charge is 0.496 e. The van der Waals surface area contributed by atoms with Crippen LogP contribution in [0.5, 0.6) is 5.75 Å². The standard InChI is InChI=1S/C11H11BrO3/c1-15-9-4-2-3-8(12)10(9)6-5-7(6)11(13)14/h2-4,6-7H,5H2,1H3,(H,13,14)/t6-,7-/m1/s1. The molecule has 2 rings (SSSR count). The maximum Gasteiger partial charge on any atom is 0.307 e. The van der Waals surface area contributed by atoms with E-state index in [4.69, 9.17) is 9.84 Å². The van der Waals surface area contributed by atoms with Crippen molar-refractivity contribution >= 4 is 21.9 Å². The SMILES string of the molecule is COc1cccc(Br)c1[C@@H]1C[C@H]1C(=O)O. The van der Waals surface area contributed by atoms with Gasteiger partial charge in [-0.05, 0) is 18.6 Å². The van der Waals surface area contributed by atoms with Gasteiger partial charge in [-0.25, -0.2) is 0 Å². The number of carbonyl (C=O) groups is 1. The molecule has 15 heavy (non-hydrogen) atoms. The fourth-order valence-corrected chi connectivity index (χ4v) is 2.48. The number of methoxy groups -OCH3 is 1. The normalized spacial score (nSPS) is 23.6. The van der Waals surface area contributed by atoms with Crippen molar-refractivity contribution in [1.29, 1.82) is 0 Å². The lowest BCUT2D eigenvalue weighted by atomic mass is 10.1. The Labute approximate surface area is 96.2 Å². The minimum absolute atomic E-state index is 0.0908. The van der Waals surface area contributed by atoms with E-state index < -0.39 is 5.97 Å². The van der Waals surface area contributed by atoms with Gasteiger partial charge >= 0.3 is 5.97 Å². The van der Waals surface area contributed by atoms with Gasteiger partial charge in [0, 0.05) is 16.0 Å². The lowest BCUT2D eigenvalue weighted by Crippen LogP contribution is -2.00. The Morgan fingerprint density at radius 1 is 1.60 bits per heavy atom. The van der Waals surface area contributed by atoms with Crippen molar-refractivity contribution in [2.45, 2.75) is 12.3 Å². The van der Waals surface area contributed by atoms with Crippen molar-refractivity contribution in [2.75, 3.05) is 7.11 Å². The van der Waals surface area contributed by atoms with E-state index in [0.717, 1.165) is 15.8 Å². The highest BCUT2D eigenvalue weighted by Gasteiger charge is 2.46. The second-order valence-corrected chi connectivity index (χ2v) is 4.50. The first kappa shape index (κ1) is 10.5. The maximum atomic E-state index is 10.8. The Balaban J connectivity index is 2.33. The zero-order chi connectivity index (χ0) is 11.0. The van der Waals surface area contributed by atoms with Crippen LogP contribution in [0.1, 0.15) is 17.9 Å². The van der Waals surface area contributed by atoms with Gasteiger partial charge in [0.2, 0.25) is 0 Å². The van der Waals surface area contributed by atoms with Crippen molar-refractivity contribution < 1.29 is 14.6 Å². The molecule has 80 valence electrons. The number of hydrogen-bond acceptors (Lipinski definition) is 2. The highest BCUT2D eigenvalue weighted by molar-refractivity contribution is 9.10. The molecular formula is C11H11BrO3. The Hall–Kier alpha value is -1.03. The van der Waals surface area contributed by atoms with Crippen LogP contribution in [-0.2, 0) is 4.79 Å². The van der Waals surface area contributed by atoms with Crippen molar-refractivity contribution in [3.8, 4) is 5.75 Å². The van der Waals surface area contributed by atoms with Crippen molar-refractivity contribution in [1.82, 2.24) is 0 Å². The quantitative estimate of drug-likeness (QED) is 0.919. The topological polar surface area (TPSA) is 46.5 Å². The van der Waals surface area contributed by atoms with Crippen LogP contribution in [0, 0.1) is 5.92 Å². The van der Waals surface area contributed by atoms with E-state index >= 15 is 0 Å². The second kappa shape index (κ2) is 3.85. The van der Waals surface area contributed by atoms with Crippen LogP contribution >= 0.6 is 15.9 Å². The number of carboxylic acid groups (broad SMARTS) is 1. The molecule has 0 radical (unpaired) electrons. The molecule has 4 heteroatoms. The summed E-state index contributed by atoms with van der Waals surface area (Å²) < 4.78 is 6.16. The number of aliphatic carboxylic acids is 1. The van der Waals surface area contributed by atoms with Gasteiger partial charge in [-0.2, -0.15) is 0 Å². The Bertz CT molecular complexity index is 403. The third-order valence-electron chi connectivity index (χ3n) is 2.71. The minimum Gasteiger partial charge on any atom is -0.496 e. The molecule has 3 nitrogen and oxygen atoms in total. The van der Waals surface area contributed by atoms with E-state index in [1.165, 1.54) is 0 Å². The van der Waals surface area contributed by atoms with Gasteiger partial charge in [0.25, 0.3) is 0 Å². The van der Waals surface area contributed by atoms with Crippen LogP contribution in [0.25, 0.3) is 0 Å². The number of halogens is 1. The van der Waals surface area contributed by atoms with Gasteiger partial charge in [-0.3, -0.25) is 4.79 Å². The molecule has 1 aromatic rings. The summed E-state index contributed by atoms with van der Waals surface area (Å²) in [5.41, 5.74) is 0.979. The van der Waals surface area contributed by atoms with E-state index in [2.05, 4.69) is 15.9 Å². The fraction of sp³-hybridized carbons (Fsp3) is 0.364. The molecule has 1 aliphatic rings. The summed E-state index contributed by atoms with van der Waals surface area (Å²) in [5.74, 6) is -0.124. The van der Waals surface area contributed by atoms with Crippen LogP contribution in [0.2, 0.25) is 0 Å². The van der Waals surface area contributed by atoms with E-state index in [1.807, 2.05) is 18.2 Å². The molecule has 0 aliphatic heterocycles. The highest BCUT2D eigenvalue weighted by Crippen LogP contribution is 2.52. The zero-order valence-corrected chi connectivity index (χ0v) is 9.82. The van der Waals surface area contributed by atoms with Gasteiger partial charge in [0.15, 0.2) is 0 Å². The number of carboxylic acids is 1. The molecule has 0 saturated heterocycles. The maximum absolute atomic E-state index is 10.8. The summed E-state index contributed by atoms with van der Waals surface area (Å²) in [6.45, 7) is 0. The zero-order valence-electron chi connectivity index (χ0n) is 8.24. The first-order valence-electron chi connectivity index (χ1n) is 4.70. The predicted molar refractivity (Wildman–Crippen MR) is 59.2 cm³/mol. The van der Waals surface area contributed by atoms with Crippen LogP contribution in [-0.4, -0.2) is 18.2 Å². The number of benzene rings is 1. The lowest BCUT2D eigenvalue weighted by molar-refractivity contribution is -0.138. The molecule has 0 aromatic heterocycles. The summed E-state index contributed by atoms with van der Waals surface area (Å²) in [6, 6.07) is 5.65. The lowest BCUT2D eigenvalue weighted by Gasteiger charge is -2.09. The van der Waals surface area contributed by atoms with Gasteiger partial charge in [-0.1, -0.05) is 22.0 Å². The van der Waals surface area contributed by atoms with Crippen LogP contribution in [0.15, 0.2) is 22.7 Å². The molecular weight excluding hydrogens is 260 g/mol. The molecule has 1 fully saturated rings. The molecule has 0 bridgehead atoms. The van der Waals surface area contributed by atoms with E-state index in [1.54, 1.807) is 7.11 Å². The molecule has 0 amide bonds.